The number of allylic oxidation sites excluding steroid dienone is 3. The summed E-state index contributed by atoms with van der Waals surface area (Å²) >= 11 is 0. The molecule has 1 aliphatic heterocycles. The number of benzene rings is 1. The highest BCUT2D eigenvalue weighted by atomic mass is 16.6. The Kier molecular flexibility index (Phi) is 11.8. The van der Waals surface area contributed by atoms with Crippen LogP contribution in [0.4, 0.5) is 4.79 Å². The fraction of sp³-hybridized carbons (Fsp3) is 0.500. The van der Waals surface area contributed by atoms with Crippen molar-refractivity contribution < 1.29 is 24.2 Å². The molecule has 1 unspecified atom stereocenters. The average molecular weight is 526 g/mol. The monoisotopic (exact) mass is 525 g/mol. The van der Waals surface area contributed by atoms with Crippen LogP contribution in [0.3, 0.4) is 0 Å². The molecule has 8 nitrogen and oxygen atoms in total. The fourth-order valence-electron chi connectivity index (χ4n) is 4.63. The molecule has 208 valence electrons. The Hall–Kier alpha value is -3.39. The third-order valence-electron chi connectivity index (χ3n) is 7.18. The second kappa shape index (κ2) is 14.5. The lowest BCUT2D eigenvalue weighted by atomic mass is 9.77. The maximum Gasteiger partial charge on any atom is 0.410 e. The van der Waals surface area contributed by atoms with Gasteiger partial charge in [-0.05, 0) is 57.7 Å². The number of likely N-dealkylation sites (N-methyl/N-ethyl adjacent to an activating group) is 1. The van der Waals surface area contributed by atoms with Crippen molar-refractivity contribution in [3.63, 3.8) is 0 Å². The van der Waals surface area contributed by atoms with Crippen LogP contribution in [0.25, 0.3) is 0 Å². The molecule has 0 aromatic heterocycles. The SMILES string of the molecule is C=C/C(=C\C=C(C)C)COC(=O)N(C)C1CCN(CCC(C)(C(=O)N(C)CC(=O)O)c2ccccc2)CC1. The number of carbonyl (C=O) groups is 3. The number of hydrogen-bond donors (Lipinski definition) is 1. The average Bonchev–Trinajstić information content (AvgIpc) is 2.91. The third kappa shape index (κ3) is 8.87. The summed E-state index contributed by atoms with van der Waals surface area (Å²) in [4.78, 5) is 42.5. The Bertz CT molecular complexity index is 1020. The minimum Gasteiger partial charge on any atom is -0.480 e. The van der Waals surface area contributed by atoms with Gasteiger partial charge in [0.05, 0.1) is 5.41 Å². The van der Waals surface area contributed by atoms with Crippen molar-refractivity contribution in [2.24, 2.45) is 0 Å². The first kappa shape index (κ1) is 30.8. The first-order chi connectivity index (χ1) is 18.0. The molecule has 1 saturated heterocycles. The number of likely N-dealkylation sites (tertiary alicyclic amines) is 1. The van der Waals surface area contributed by atoms with E-state index < -0.39 is 11.4 Å². The van der Waals surface area contributed by atoms with E-state index in [0.717, 1.165) is 42.6 Å². The van der Waals surface area contributed by atoms with Crippen molar-refractivity contribution in [3.05, 3.63) is 71.8 Å². The molecule has 1 N–H and O–H groups in total. The van der Waals surface area contributed by atoms with E-state index in [1.54, 1.807) is 18.0 Å². The molecule has 0 radical (unpaired) electrons. The highest BCUT2D eigenvalue weighted by Crippen LogP contribution is 2.31. The third-order valence-corrected chi connectivity index (χ3v) is 7.18. The van der Waals surface area contributed by atoms with Crippen molar-refractivity contribution in [3.8, 4) is 0 Å². The molecule has 1 aromatic rings. The summed E-state index contributed by atoms with van der Waals surface area (Å²) in [5.74, 6) is -1.24. The van der Waals surface area contributed by atoms with Crippen LogP contribution < -0.4 is 0 Å². The van der Waals surface area contributed by atoms with E-state index in [1.807, 2.05) is 63.3 Å². The summed E-state index contributed by atoms with van der Waals surface area (Å²) in [5, 5.41) is 9.18. The first-order valence-electron chi connectivity index (χ1n) is 13.1. The Labute approximate surface area is 227 Å². The lowest BCUT2D eigenvalue weighted by molar-refractivity contribution is -0.146. The molecule has 0 spiro atoms. The van der Waals surface area contributed by atoms with Gasteiger partial charge in [-0.1, -0.05) is 60.7 Å². The van der Waals surface area contributed by atoms with Crippen LogP contribution in [0.5, 0.6) is 0 Å². The molecular formula is C30H43N3O5. The molecule has 8 heteroatoms. The molecule has 1 fully saturated rings. The van der Waals surface area contributed by atoms with E-state index in [0.29, 0.717) is 13.0 Å². The maximum atomic E-state index is 13.4. The summed E-state index contributed by atoms with van der Waals surface area (Å²) in [5.41, 5.74) is 2.02. The number of hydrogen-bond acceptors (Lipinski definition) is 5. The number of ether oxygens (including phenoxy) is 1. The lowest BCUT2D eigenvalue weighted by Crippen LogP contribution is -2.49. The van der Waals surface area contributed by atoms with E-state index in [9.17, 15) is 19.5 Å². The van der Waals surface area contributed by atoms with Crippen LogP contribution in [0.15, 0.2) is 66.3 Å². The zero-order valence-electron chi connectivity index (χ0n) is 23.5. The summed E-state index contributed by atoms with van der Waals surface area (Å²) in [7, 11) is 3.31. The first-order valence-corrected chi connectivity index (χ1v) is 13.1. The van der Waals surface area contributed by atoms with Gasteiger partial charge >= 0.3 is 12.1 Å². The van der Waals surface area contributed by atoms with Gasteiger partial charge < -0.3 is 24.5 Å². The fourth-order valence-corrected chi connectivity index (χ4v) is 4.63. The van der Waals surface area contributed by atoms with Crippen LogP contribution in [-0.2, 0) is 19.7 Å². The molecule has 0 aliphatic carbocycles. The van der Waals surface area contributed by atoms with Gasteiger partial charge in [-0.15, -0.1) is 0 Å². The van der Waals surface area contributed by atoms with Gasteiger partial charge in [0.15, 0.2) is 0 Å². The smallest absolute Gasteiger partial charge is 0.410 e. The zero-order chi connectivity index (χ0) is 28.3. The van der Waals surface area contributed by atoms with Crippen molar-refractivity contribution in [2.75, 3.05) is 46.9 Å². The predicted octanol–water partition coefficient (Wildman–Crippen LogP) is 4.49. The van der Waals surface area contributed by atoms with Gasteiger partial charge in [-0.25, -0.2) is 4.79 Å². The largest absolute Gasteiger partial charge is 0.480 e. The number of amides is 2. The minimum absolute atomic E-state index is 0.0801. The number of nitrogens with zero attached hydrogens (tertiary/aromatic N) is 3. The number of piperidine rings is 1. The van der Waals surface area contributed by atoms with Crippen LogP contribution in [-0.4, -0.2) is 90.7 Å². The molecule has 1 atom stereocenters. The molecule has 1 aliphatic rings. The zero-order valence-corrected chi connectivity index (χ0v) is 23.5. The number of rotatable bonds is 12. The number of carboxylic acids is 1. The molecule has 38 heavy (non-hydrogen) atoms. The topological polar surface area (TPSA) is 90.4 Å². The van der Waals surface area contributed by atoms with E-state index in [4.69, 9.17) is 4.74 Å². The van der Waals surface area contributed by atoms with Gasteiger partial charge in [0.1, 0.15) is 13.2 Å². The quantitative estimate of drug-likeness (QED) is 0.405. The van der Waals surface area contributed by atoms with E-state index >= 15 is 0 Å². The standard InChI is InChI=1S/C30H43N3O5/c1-7-24(14-13-23(2)3)22-38-29(37)32(6)26-15-18-33(19-16-26)20-17-30(4,25-11-9-8-10-12-25)28(36)31(5)21-27(34)35/h7-14,26H,1,15-22H2,2-6H3,(H,34,35)/b24-14+. The molecule has 0 bridgehead atoms. The van der Waals surface area contributed by atoms with Gasteiger partial charge in [-0.3, -0.25) is 9.59 Å². The second-order valence-electron chi connectivity index (χ2n) is 10.4. The Balaban J connectivity index is 1.95. The van der Waals surface area contributed by atoms with Crippen LogP contribution in [0.2, 0.25) is 0 Å². The predicted molar refractivity (Wildman–Crippen MR) is 150 cm³/mol. The van der Waals surface area contributed by atoms with E-state index in [1.165, 1.54) is 11.9 Å². The molecule has 0 saturated carbocycles. The molecule has 1 heterocycles. The van der Waals surface area contributed by atoms with Gasteiger partial charge in [-0.2, -0.15) is 0 Å². The Morgan fingerprint density at radius 2 is 1.76 bits per heavy atom. The van der Waals surface area contributed by atoms with Crippen LogP contribution in [0.1, 0.15) is 45.6 Å². The molecular weight excluding hydrogens is 482 g/mol. The Morgan fingerprint density at radius 3 is 2.32 bits per heavy atom. The van der Waals surface area contributed by atoms with Crippen LogP contribution >= 0.6 is 0 Å². The van der Waals surface area contributed by atoms with Gasteiger partial charge in [0.25, 0.3) is 0 Å². The Morgan fingerprint density at radius 1 is 1.13 bits per heavy atom. The summed E-state index contributed by atoms with van der Waals surface area (Å²) < 4.78 is 5.51. The van der Waals surface area contributed by atoms with E-state index in [2.05, 4.69) is 11.5 Å². The van der Waals surface area contributed by atoms with E-state index in [-0.39, 0.29) is 31.2 Å². The summed E-state index contributed by atoms with van der Waals surface area (Å²) in [6.07, 6.45) is 7.39. The molecule has 2 rings (SSSR count). The normalized spacial score (nSPS) is 16.2. The van der Waals surface area contributed by atoms with Crippen molar-refractivity contribution in [1.29, 1.82) is 0 Å². The number of carbonyl (C=O) groups excluding carboxylic acids is 2. The van der Waals surface area contributed by atoms with Crippen molar-refractivity contribution in [2.45, 2.75) is 51.5 Å². The van der Waals surface area contributed by atoms with Gasteiger partial charge in [0.2, 0.25) is 5.91 Å². The number of carboxylic acid groups (broad SMARTS) is 1. The molecule has 1 aromatic carbocycles. The van der Waals surface area contributed by atoms with Gasteiger partial charge in [0, 0.05) is 33.2 Å². The maximum absolute atomic E-state index is 13.4. The minimum atomic E-state index is -1.04. The highest BCUT2D eigenvalue weighted by Gasteiger charge is 2.38. The summed E-state index contributed by atoms with van der Waals surface area (Å²) in [6.45, 7) is 11.8. The highest BCUT2D eigenvalue weighted by molar-refractivity contribution is 5.90. The summed E-state index contributed by atoms with van der Waals surface area (Å²) in [6, 6.07) is 9.62. The second-order valence-corrected chi connectivity index (χ2v) is 10.4. The van der Waals surface area contributed by atoms with Crippen LogP contribution in [0, 0.1) is 0 Å². The van der Waals surface area contributed by atoms with Crippen molar-refractivity contribution in [1.82, 2.24) is 14.7 Å². The molecule has 2 amide bonds. The van der Waals surface area contributed by atoms with Crippen molar-refractivity contribution >= 4 is 18.0 Å². The number of aliphatic carboxylic acids is 1. The lowest BCUT2D eigenvalue weighted by Gasteiger charge is -2.38.